The zero-order valence-electron chi connectivity index (χ0n) is 23.7. The summed E-state index contributed by atoms with van der Waals surface area (Å²) in [6.07, 6.45) is 4.13. The van der Waals surface area contributed by atoms with Crippen LogP contribution in [-0.2, 0) is 20.3 Å². The molecule has 0 radical (unpaired) electrons. The summed E-state index contributed by atoms with van der Waals surface area (Å²) in [6.45, 7) is 12.7. The standard InChI is InChI=1S/C34H42O4/c1-33(2,3)25-13-9-7-11-21(25)31(35)37-29-23-18-24(28-20-16-15-19(17-20)27(23)28)30(29)38-32(36)22-12-8-10-14-26(22)34(4,5)6/h7-14,19-20,23-24,27-30H,15-18H2,1-6H3. The Balaban J connectivity index is 1.32. The van der Waals surface area contributed by atoms with Crippen LogP contribution in [0.3, 0.4) is 0 Å². The molecule has 4 fully saturated rings. The van der Waals surface area contributed by atoms with Crippen LogP contribution in [0.2, 0.25) is 0 Å². The fraction of sp³-hybridized carbons (Fsp3) is 0.588. The summed E-state index contributed by atoms with van der Waals surface area (Å²) in [5.41, 5.74) is 2.86. The Hall–Kier alpha value is -2.62. The molecular formula is C34H42O4. The maximum Gasteiger partial charge on any atom is 0.338 e. The number of ether oxygens (including phenoxy) is 2. The molecule has 4 aliphatic carbocycles. The topological polar surface area (TPSA) is 52.6 Å². The van der Waals surface area contributed by atoms with Crippen LogP contribution < -0.4 is 0 Å². The summed E-state index contributed by atoms with van der Waals surface area (Å²) in [5, 5.41) is 0. The summed E-state index contributed by atoms with van der Waals surface area (Å²) < 4.78 is 12.8. The number of esters is 2. The first-order valence-corrected chi connectivity index (χ1v) is 14.6. The highest BCUT2D eigenvalue weighted by Gasteiger charge is 2.68. The van der Waals surface area contributed by atoms with Gasteiger partial charge in [0.2, 0.25) is 0 Å². The van der Waals surface area contributed by atoms with Crippen molar-refractivity contribution in [2.24, 2.45) is 35.5 Å². The maximum absolute atomic E-state index is 13.7. The molecular weight excluding hydrogens is 472 g/mol. The van der Waals surface area contributed by atoms with Crippen LogP contribution >= 0.6 is 0 Å². The average molecular weight is 515 g/mol. The van der Waals surface area contributed by atoms with Crippen molar-refractivity contribution in [2.45, 2.75) is 90.3 Å². The van der Waals surface area contributed by atoms with Crippen molar-refractivity contribution in [3.63, 3.8) is 0 Å². The van der Waals surface area contributed by atoms with Crippen molar-refractivity contribution in [3.8, 4) is 0 Å². The zero-order valence-corrected chi connectivity index (χ0v) is 23.7. The Kier molecular flexibility index (Phi) is 6.05. The quantitative estimate of drug-likeness (QED) is 0.316. The Morgan fingerprint density at radius 2 is 1.03 bits per heavy atom. The monoisotopic (exact) mass is 514 g/mol. The van der Waals surface area contributed by atoms with E-state index in [-0.39, 0.29) is 46.8 Å². The van der Waals surface area contributed by atoms with E-state index in [0.29, 0.717) is 23.0 Å². The normalized spacial score (nSPS) is 33.3. The minimum absolute atomic E-state index is 0.178. The van der Waals surface area contributed by atoms with Crippen LogP contribution in [0.25, 0.3) is 0 Å². The number of carbonyl (C=O) groups excluding carboxylic acids is 2. The fourth-order valence-corrected chi connectivity index (χ4v) is 8.79. The molecule has 6 rings (SSSR count). The molecule has 8 unspecified atom stereocenters. The van der Waals surface area contributed by atoms with Gasteiger partial charge in [-0.25, -0.2) is 9.59 Å². The first kappa shape index (κ1) is 25.6. The highest BCUT2D eigenvalue weighted by Crippen LogP contribution is 2.68. The summed E-state index contributed by atoms with van der Waals surface area (Å²) >= 11 is 0. The molecule has 4 saturated carbocycles. The van der Waals surface area contributed by atoms with E-state index in [9.17, 15) is 9.59 Å². The van der Waals surface area contributed by atoms with Gasteiger partial charge in [-0.05, 0) is 83.4 Å². The van der Waals surface area contributed by atoms with Crippen molar-refractivity contribution >= 4 is 11.9 Å². The minimum atomic E-state index is -0.383. The fourth-order valence-electron chi connectivity index (χ4n) is 8.79. The SMILES string of the molecule is CC(C)(C)c1ccccc1C(=O)OC1C2CC(C1OC(=O)c1ccccc1C(C)(C)C)C1C3CCC(C3)C21. The van der Waals surface area contributed by atoms with Gasteiger partial charge in [-0.1, -0.05) is 77.9 Å². The molecule has 0 aromatic heterocycles. The zero-order chi connectivity index (χ0) is 27.0. The molecule has 2 aromatic carbocycles. The molecule has 202 valence electrons. The molecule has 4 bridgehead atoms. The molecule has 8 atom stereocenters. The van der Waals surface area contributed by atoms with Crippen LogP contribution in [0.4, 0.5) is 0 Å². The number of carbonyl (C=O) groups is 2. The van der Waals surface area contributed by atoms with Gasteiger partial charge >= 0.3 is 11.9 Å². The van der Waals surface area contributed by atoms with Gasteiger partial charge < -0.3 is 9.47 Å². The summed E-state index contributed by atoms with van der Waals surface area (Å²) in [6, 6.07) is 15.5. The second-order valence-corrected chi connectivity index (χ2v) is 14.4. The van der Waals surface area contributed by atoms with E-state index in [4.69, 9.17) is 9.47 Å². The van der Waals surface area contributed by atoms with Gasteiger partial charge in [0.1, 0.15) is 12.2 Å². The minimum Gasteiger partial charge on any atom is -0.454 e. The largest absolute Gasteiger partial charge is 0.454 e. The van der Waals surface area contributed by atoms with E-state index in [1.165, 1.54) is 19.3 Å². The van der Waals surface area contributed by atoms with Gasteiger partial charge in [-0.2, -0.15) is 0 Å². The first-order chi connectivity index (χ1) is 17.9. The highest BCUT2D eigenvalue weighted by atomic mass is 16.6. The van der Waals surface area contributed by atoms with Gasteiger partial charge in [0.25, 0.3) is 0 Å². The molecule has 4 nitrogen and oxygen atoms in total. The predicted molar refractivity (Wildman–Crippen MR) is 148 cm³/mol. The van der Waals surface area contributed by atoms with E-state index in [1.54, 1.807) is 0 Å². The van der Waals surface area contributed by atoms with Crippen molar-refractivity contribution in [2.75, 3.05) is 0 Å². The van der Waals surface area contributed by atoms with E-state index in [1.807, 2.05) is 48.5 Å². The molecule has 4 heteroatoms. The molecule has 4 aliphatic rings. The third-order valence-corrected chi connectivity index (χ3v) is 10.1. The third kappa shape index (κ3) is 4.10. The van der Waals surface area contributed by atoms with E-state index in [2.05, 4.69) is 41.5 Å². The van der Waals surface area contributed by atoms with Gasteiger partial charge in [0.15, 0.2) is 0 Å². The van der Waals surface area contributed by atoms with Crippen molar-refractivity contribution in [1.82, 2.24) is 0 Å². The Bertz CT molecular complexity index is 1150. The lowest BCUT2D eigenvalue weighted by molar-refractivity contribution is -0.0892. The summed E-state index contributed by atoms with van der Waals surface area (Å²) in [5.74, 6) is 2.66. The average Bonchev–Trinajstić information content (AvgIpc) is 3.64. The first-order valence-electron chi connectivity index (χ1n) is 14.6. The lowest BCUT2D eigenvalue weighted by atomic mass is 9.69. The van der Waals surface area contributed by atoms with Crippen LogP contribution in [0.1, 0.15) is 99.1 Å². The van der Waals surface area contributed by atoms with Crippen molar-refractivity contribution in [3.05, 3.63) is 70.8 Å². The second-order valence-electron chi connectivity index (χ2n) is 14.4. The number of hydrogen-bond acceptors (Lipinski definition) is 4. The van der Waals surface area contributed by atoms with E-state index >= 15 is 0 Å². The Morgan fingerprint density at radius 1 is 0.632 bits per heavy atom. The Labute approximate surface area is 227 Å². The van der Waals surface area contributed by atoms with E-state index < -0.39 is 0 Å². The number of hydrogen-bond donors (Lipinski definition) is 0. The highest BCUT2D eigenvalue weighted by molar-refractivity contribution is 5.92. The molecule has 0 N–H and O–H groups in total. The third-order valence-electron chi connectivity index (χ3n) is 10.1. The lowest BCUT2D eigenvalue weighted by Crippen LogP contribution is -2.48. The van der Waals surface area contributed by atoms with Crippen LogP contribution in [-0.4, -0.2) is 24.1 Å². The van der Waals surface area contributed by atoms with Crippen LogP contribution in [0.15, 0.2) is 48.5 Å². The number of fused-ring (bicyclic) bond motifs is 9. The van der Waals surface area contributed by atoms with Crippen LogP contribution in [0, 0.1) is 35.5 Å². The smallest absolute Gasteiger partial charge is 0.338 e. The number of rotatable bonds is 4. The molecule has 0 heterocycles. The number of benzene rings is 2. The van der Waals surface area contributed by atoms with Gasteiger partial charge in [0, 0.05) is 11.8 Å². The van der Waals surface area contributed by atoms with Crippen LogP contribution in [0.5, 0.6) is 0 Å². The molecule has 0 aliphatic heterocycles. The molecule has 38 heavy (non-hydrogen) atoms. The second kappa shape index (κ2) is 8.96. The molecule has 0 saturated heterocycles. The predicted octanol–water partition coefficient (Wildman–Crippen LogP) is 7.34. The Morgan fingerprint density at radius 3 is 1.42 bits per heavy atom. The van der Waals surface area contributed by atoms with Crippen molar-refractivity contribution in [1.29, 1.82) is 0 Å². The van der Waals surface area contributed by atoms with Gasteiger partial charge in [-0.3, -0.25) is 0 Å². The molecule has 2 aromatic rings. The molecule has 0 spiro atoms. The molecule has 0 amide bonds. The summed E-state index contributed by atoms with van der Waals surface area (Å²) in [4.78, 5) is 27.4. The summed E-state index contributed by atoms with van der Waals surface area (Å²) in [7, 11) is 0. The maximum atomic E-state index is 13.7. The van der Waals surface area contributed by atoms with Gasteiger partial charge in [-0.15, -0.1) is 0 Å². The van der Waals surface area contributed by atoms with E-state index in [0.717, 1.165) is 29.4 Å². The lowest BCUT2D eigenvalue weighted by Gasteiger charge is -2.42. The van der Waals surface area contributed by atoms with Crippen molar-refractivity contribution < 1.29 is 19.1 Å². The van der Waals surface area contributed by atoms with Gasteiger partial charge in [0.05, 0.1) is 11.1 Å².